The molecule has 1 aromatic rings. The van der Waals surface area contributed by atoms with Crippen LogP contribution in [0.4, 0.5) is 13.2 Å². The quantitative estimate of drug-likeness (QED) is 0.920. The first kappa shape index (κ1) is 17.4. The predicted octanol–water partition coefficient (Wildman–Crippen LogP) is 2.11. The van der Waals surface area contributed by atoms with Gasteiger partial charge in [-0.25, -0.2) is 8.42 Å². The molecule has 0 fully saturated rings. The van der Waals surface area contributed by atoms with E-state index in [1.54, 1.807) is 0 Å². The molecule has 0 saturated carbocycles. The molecule has 0 aliphatic heterocycles. The lowest BCUT2D eigenvalue weighted by Gasteiger charge is -2.22. The van der Waals surface area contributed by atoms with E-state index in [0.29, 0.717) is 16.4 Å². The number of rotatable bonds is 4. The Bertz CT molecular complexity index is 655. The van der Waals surface area contributed by atoms with Gasteiger partial charge in [0.05, 0.1) is 10.5 Å². The lowest BCUT2D eigenvalue weighted by atomic mass is 10.1. The third kappa shape index (κ3) is 3.53. The minimum Gasteiger partial charge on any atom is -0.480 e. The van der Waals surface area contributed by atoms with Gasteiger partial charge in [-0.3, -0.25) is 4.79 Å². The summed E-state index contributed by atoms with van der Waals surface area (Å²) >= 11 is 0. The summed E-state index contributed by atoms with van der Waals surface area (Å²) in [5.41, 5.74) is -1.07. The molecule has 1 N–H and O–H groups in total. The average Bonchev–Trinajstić information content (AvgIpc) is 2.35. The molecule has 0 bridgehead atoms. The SMILES string of the molecule is Cc1cc(C(F)(F)F)ccc1S(=O)(=O)N(C)C(C)C(=O)O. The Kier molecular flexibility index (Phi) is 4.69. The number of carbonyl (C=O) groups is 1. The van der Waals surface area contributed by atoms with Crippen LogP contribution in [0.3, 0.4) is 0 Å². The zero-order chi connectivity index (χ0) is 16.6. The largest absolute Gasteiger partial charge is 0.480 e. The first-order valence-electron chi connectivity index (χ1n) is 5.77. The van der Waals surface area contributed by atoms with Gasteiger partial charge in [0, 0.05) is 7.05 Å². The number of aryl methyl sites for hydroxylation is 1. The molecule has 1 rings (SSSR count). The molecule has 1 unspecified atom stereocenters. The molecule has 1 aromatic carbocycles. The van der Waals surface area contributed by atoms with Gasteiger partial charge in [-0.15, -0.1) is 0 Å². The Morgan fingerprint density at radius 2 is 1.86 bits per heavy atom. The highest BCUT2D eigenvalue weighted by Gasteiger charge is 2.34. The Balaban J connectivity index is 3.31. The van der Waals surface area contributed by atoms with Gasteiger partial charge in [0.2, 0.25) is 10.0 Å². The normalized spacial score (nSPS) is 14.2. The van der Waals surface area contributed by atoms with E-state index in [9.17, 15) is 26.4 Å². The van der Waals surface area contributed by atoms with Gasteiger partial charge in [0.25, 0.3) is 0 Å². The van der Waals surface area contributed by atoms with E-state index in [0.717, 1.165) is 13.1 Å². The molecular formula is C12H14F3NO4S. The molecule has 1 atom stereocenters. The monoisotopic (exact) mass is 325 g/mol. The van der Waals surface area contributed by atoms with Gasteiger partial charge in [-0.1, -0.05) is 0 Å². The van der Waals surface area contributed by atoms with Gasteiger partial charge in [-0.05, 0) is 37.6 Å². The number of sulfonamides is 1. The number of hydrogen-bond donors (Lipinski definition) is 1. The van der Waals surface area contributed by atoms with Crippen LogP contribution in [0.1, 0.15) is 18.1 Å². The Labute approximate surface area is 120 Å². The van der Waals surface area contributed by atoms with Crippen molar-refractivity contribution in [2.45, 2.75) is 31.0 Å². The molecule has 0 heterocycles. The number of halogens is 3. The highest BCUT2D eigenvalue weighted by molar-refractivity contribution is 7.89. The van der Waals surface area contributed by atoms with Crippen molar-refractivity contribution in [3.8, 4) is 0 Å². The van der Waals surface area contributed by atoms with E-state index in [2.05, 4.69) is 0 Å². The van der Waals surface area contributed by atoms with Crippen LogP contribution < -0.4 is 0 Å². The lowest BCUT2D eigenvalue weighted by Crippen LogP contribution is -2.40. The number of alkyl halides is 3. The third-order valence-corrected chi connectivity index (χ3v) is 5.15. The fraction of sp³-hybridized carbons (Fsp3) is 0.417. The zero-order valence-corrected chi connectivity index (χ0v) is 12.3. The van der Waals surface area contributed by atoms with Crippen molar-refractivity contribution in [1.29, 1.82) is 0 Å². The lowest BCUT2D eigenvalue weighted by molar-refractivity contribution is -0.140. The standard InChI is InChI=1S/C12H14F3NO4S/c1-7-6-9(12(13,14)15)4-5-10(7)21(19,20)16(3)8(2)11(17)18/h4-6,8H,1-3H3,(H,17,18). The van der Waals surface area contributed by atoms with E-state index in [-0.39, 0.29) is 10.5 Å². The van der Waals surface area contributed by atoms with Gasteiger partial charge in [0.15, 0.2) is 0 Å². The predicted molar refractivity (Wildman–Crippen MR) is 68.2 cm³/mol. The van der Waals surface area contributed by atoms with Crippen LogP contribution in [0, 0.1) is 6.92 Å². The summed E-state index contributed by atoms with van der Waals surface area (Å²) < 4.78 is 62.7. The number of likely N-dealkylation sites (N-methyl/N-ethyl adjacent to an activating group) is 1. The van der Waals surface area contributed by atoms with E-state index in [1.807, 2.05) is 0 Å². The minimum atomic E-state index is -4.58. The van der Waals surface area contributed by atoms with Gasteiger partial charge in [-0.2, -0.15) is 17.5 Å². The summed E-state index contributed by atoms with van der Waals surface area (Å²) in [6, 6.07) is 0.862. The van der Waals surface area contributed by atoms with Crippen molar-refractivity contribution in [1.82, 2.24) is 4.31 Å². The fourth-order valence-electron chi connectivity index (χ4n) is 1.63. The fourth-order valence-corrected chi connectivity index (χ4v) is 3.16. The van der Waals surface area contributed by atoms with Crippen LogP contribution in [0.2, 0.25) is 0 Å². The molecule has 0 aliphatic rings. The number of benzene rings is 1. The van der Waals surface area contributed by atoms with E-state index >= 15 is 0 Å². The average molecular weight is 325 g/mol. The van der Waals surface area contributed by atoms with Crippen LogP contribution in [0.25, 0.3) is 0 Å². The number of nitrogens with zero attached hydrogens (tertiary/aromatic N) is 1. The summed E-state index contributed by atoms with van der Waals surface area (Å²) in [5, 5.41) is 8.83. The van der Waals surface area contributed by atoms with Crippen LogP contribution in [-0.4, -0.2) is 36.9 Å². The summed E-state index contributed by atoms with van der Waals surface area (Å²) in [4.78, 5) is 10.5. The molecule has 118 valence electrons. The van der Waals surface area contributed by atoms with Crippen LogP contribution in [0.5, 0.6) is 0 Å². The second-order valence-corrected chi connectivity index (χ2v) is 6.48. The van der Waals surface area contributed by atoms with Crippen LogP contribution in [0.15, 0.2) is 23.1 Å². The van der Waals surface area contributed by atoms with Crippen molar-refractivity contribution >= 4 is 16.0 Å². The Hall–Kier alpha value is -1.61. The van der Waals surface area contributed by atoms with Crippen molar-refractivity contribution in [2.24, 2.45) is 0 Å². The van der Waals surface area contributed by atoms with Gasteiger partial charge < -0.3 is 5.11 Å². The van der Waals surface area contributed by atoms with E-state index < -0.39 is 33.8 Å². The molecule has 0 aromatic heterocycles. The summed E-state index contributed by atoms with van der Waals surface area (Å²) in [6.45, 7) is 2.39. The maximum absolute atomic E-state index is 12.6. The first-order valence-corrected chi connectivity index (χ1v) is 7.21. The Morgan fingerprint density at radius 1 is 1.33 bits per heavy atom. The molecule has 0 spiro atoms. The van der Waals surface area contributed by atoms with Crippen LogP contribution in [-0.2, 0) is 21.0 Å². The van der Waals surface area contributed by atoms with Gasteiger partial charge >= 0.3 is 12.1 Å². The number of aliphatic carboxylic acids is 1. The first-order chi connectivity index (χ1) is 9.39. The zero-order valence-electron chi connectivity index (χ0n) is 11.5. The topological polar surface area (TPSA) is 74.7 Å². The van der Waals surface area contributed by atoms with Crippen molar-refractivity contribution in [3.05, 3.63) is 29.3 Å². The van der Waals surface area contributed by atoms with Crippen LogP contribution >= 0.6 is 0 Å². The molecule has 9 heteroatoms. The number of hydrogen-bond acceptors (Lipinski definition) is 3. The second kappa shape index (κ2) is 5.64. The number of carboxylic acid groups (broad SMARTS) is 1. The van der Waals surface area contributed by atoms with Crippen molar-refractivity contribution in [3.63, 3.8) is 0 Å². The Morgan fingerprint density at radius 3 is 2.24 bits per heavy atom. The molecule has 5 nitrogen and oxygen atoms in total. The molecular weight excluding hydrogens is 311 g/mol. The van der Waals surface area contributed by atoms with E-state index in [4.69, 9.17) is 5.11 Å². The summed E-state index contributed by atoms with van der Waals surface area (Å²) in [5.74, 6) is -1.36. The summed E-state index contributed by atoms with van der Waals surface area (Å²) in [6.07, 6.45) is -4.58. The maximum atomic E-state index is 12.6. The third-order valence-electron chi connectivity index (χ3n) is 3.06. The molecule has 0 radical (unpaired) electrons. The highest BCUT2D eigenvalue weighted by Crippen LogP contribution is 2.32. The smallest absolute Gasteiger partial charge is 0.416 e. The van der Waals surface area contributed by atoms with Gasteiger partial charge in [0.1, 0.15) is 6.04 Å². The highest BCUT2D eigenvalue weighted by atomic mass is 32.2. The summed E-state index contributed by atoms with van der Waals surface area (Å²) in [7, 11) is -3.13. The number of carboxylic acids is 1. The van der Waals surface area contributed by atoms with E-state index in [1.165, 1.54) is 13.8 Å². The molecule has 0 aliphatic carbocycles. The molecule has 0 amide bonds. The molecule has 21 heavy (non-hydrogen) atoms. The second-order valence-electron chi connectivity index (χ2n) is 4.51. The molecule has 0 saturated heterocycles. The van der Waals surface area contributed by atoms with Crippen molar-refractivity contribution in [2.75, 3.05) is 7.05 Å². The maximum Gasteiger partial charge on any atom is 0.416 e. The van der Waals surface area contributed by atoms with Crippen molar-refractivity contribution < 1.29 is 31.5 Å². The minimum absolute atomic E-state index is 0.103.